The van der Waals surface area contributed by atoms with Gasteiger partial charge in [-0.25, -0.2) is 4.79 Å². The summed E-state index contributed by atoms with van der Waals surface area (Å²) in [6.45, 7) is 8.54. The Morgan fingerprint density at radius 1 is 1.40 bits per heavy atom. The molecular formula is C13H24O2. The number of unbranched alkanes of at least 4 members (excludes halogenated alkanes) is 1. The van der Waals surface area contributed by atoms with Crippen molar-refractivity contribution in [1.82, 2.24) is 0 Å². The maximum absolute atomic E-state index is 11.4. The first-order valence-corrected chi connectivity index (χ1v) is 5.95. The zero-order valence-corrected chi connectivity index (χ0v) is 10.5. The van der Waals surface area contributed by atoms with Crippen molar-refractivity contribution in [3.63, 3.8) is 0 Å². The first kappa shape index (κ1) is 14.2. The Morgan fingerprint density at radius 3 is 2.53 bits per heavy atom. The highest BCUT2D eigenvalue weighted by molar-refractivity contribution is 5.87. The van der Waals surface area contributed by atoms with Gasteiger partial charge < -0.3 is 4.74 Å². The van der Waals surface area contributed by atoms with E-state index in [-0.39, 0.29) is 5.97 Å². The Morgan fingerprint density at radius 2 is 2.07 bits per heavy atom. The summed E-state index contributed by atoms with van der Waals surface area (Å²) in [5.41, 5.74) is 0.695. The average molecular weight is 212 g/mol. The molecule has 15 heavy (non-hydrogen) atoms. The first-order valence-electron chi connectivity index (χ1n) is 5.95. The van der Waals surface area contributed by atoms with Crippen molar-refractivity contribution in [2.24, 2.45) is 5.92 Å². The third-order valence-corrected chi connectivity index (χ3v) is 2.75. The van der Waals surface area contributed by atoms with Gasteiger partial charge in [0.2, 0.25) is 0 Å². The number of esters is 1. The number of hydrogen-bond acceptors (Lipinski definition) is 2. The van der Waals surface area contributed by atoms with Gasteiger partial charge in [0, 0.05) is 5.57 Å². The van der Waals surface area contributed by atoms with Crippen LogP contribution in [0.25, 0.3) is 0 Å². The number of rotatable bonds is 7. The van der Waals surface area contributed by atoms with Crippen molar-refractivity contribution in [2.75, 3.05) is 6.61 Å². The van der Waals surface area contributed by atoms with Crippen LogP contribution in [0.2, 0.25) is 0 Å². The van der Waals surface area contributed by atoms with Crippen LogP contribution in [0.5, 0.6) is 0 Å². The average Bonchev–Trinajstić information content (AvgIpc) is 2.27. The molecule has 0 aliphatic rings. The predicted molar refractivity (Wildman–Crippen MR) is 63.7 cm³/mol. The number of carbonyl (C=O) groups is 1. The summed E-state index contributed by atoms with van der Waals surface area (Å²) in [5.74, 6) is 0.353. The fourth-order valence-electron chi connectivity index (χ4n) is 1.32. The number of carbonyl (C=O) groups excluding carboxylic acids is 1. The fourth-order valence-corrected chi connectivity index (χ4v) is 1.32. The standard InChI is InChI=1S/C13H24O2/c1-5-8-9-12(7-3)10-15-13(14)11(4)6-2/h6,12H,5,7-10H2,1-4H3. The van der Waals surface area contributed by atoms with Crippen LogP contribution in [-0.2, 0) is 9.53 Å². The topological polar surface area (TPSA) is 26.3 Å². The van der Waals surface area contributed by atoms with Crippen LogP contribution < -0.4 is 0 Å². The Labute approximate surface area is 93.7 Å². The molecule has 0 heterocycles. The van der Waals surface area contributed by atoms with Crippen LogP contribution in [0.1, 0.15) is 53.4 Å². The molecule has 0 rings (SSSR count). The summed E-state index contributed by atoms with van der Waals surface area (Å²) >= 11 is 0. The van der Waals surface area contributed by atoms with E-state index in [0.29, 0.717) is 18.1 Å². The van der Waals surface area contributed by atoms with Gasteiger partial charge in [-0.15, -0.1) is 0 Å². The van der Waals surface area contributed by atoms with E-state index in [0.717, 1.165) is 12.8 Å². The lowest BCUT2D eigenvalue weighted by Crippen LogP contribution is -2.14. The van der Waals surface area contributed by atoms with Gasteiger partial charge in [-0.1, -0.05) is 39.2 Å². The van der Waals surface area contributed by atoms with E-state index in [9.17, 15) is 4.79 Å². The van der Waals surface area contributed by atoms with Crippen LogP contribution in [0.3, 0.4) is 0 Å². The normalized spacial score (nSPS) is 13.7. The molecule has 1 unspecified atom stereocenters. The maximum Gasteiger partial charge on any atom is 0.333 e. The number of ether oxygens (including phenoxy) is 1. The zero-order chi connectivity index (χ0) is 11.7. The third-order valence-electron chi connectivity index (χ3n) is 2.75. The van der Waals surface area contributed by atoms with E-state index < -0.39 is 0 Å². The Bertz CT molecular complexity index is 207. The van der Waals surface area contributed by atoms with Crippen LogP contribution in [0.15, 0.2) is 11.6 Å². The summed E-state index contributed by atoms with van der Waals surface area (Å²) in [6.07, 6.45) is 6.46. The maximum atomic E-state index is 11.4. The molecular weight excluding hydrogens is 188 g/mol. The van der Waals surface area contributed by atoms with E-state index in [1.807, 2.05) is 6.92 Å². The smallest absolute Gasteiger partial charge is 0.333 e. The van der Waals surface area contributed by atoms with Crippen LogP contribution in [-0.4, -0.2) is 12.6 Å². The lowest BCUT2D eigenvalue weighted by atomic mass is 10.0. The number of hydrogen-bond donors (Lipinski definition) is 0. The Kier molecular flexibility index (Phi) is 8.06. The van der Waals surface area contributed by atoms with Crippen LogP contribution in [0, 0.1) is 5.92 Å². The van der Waals surface area contributed by atoms with Gasteiger partial charge >= 0.3 is 5.97 Å². The van der Waals surface area contributed by atoms with Crippen molar-refractivity contribution in [2.45, 2.75) is 53.4 Å². The minimum atomic E-state index is -0.174. The molecule has 0 saturated carbocycles. The molecule has 0 spiro atoms. The van der Waals surface area contributed by atoms with Crippen LogP contribution >= 0.6 is 0 Å². The molecule has 0 aromatic heterocycles. The van der Waals surface area contributed by atoms with Gasteiger partial charge in [-0.2, -0.15) is 0 Å². The van der Waals surface area contributed by atoms with Crippen molar-refractivity contribution in [3.8, 4) is 0 Å². The van der Waals surface area contributed by atoms with Crippen molar-refractivity contribution in [1.29, 1.82) is 0 Å². The largest absolute Gasteiger partial charge is 0.462 e. The second kappa shape index (κ2) is 8.51. The molecule has 0 aromatic rings. The highest BCUT2D eigenvalue weighted by atomic mass is 16.5. The van der Waals surface area contributed by atoms with Gasteiger partial charge in [0.05, 0.1) is 6.61 Å². The van der Waals surface area contributed by atoms with Crippen molar-refractivity contribution < 1.29 is 9.53 Å². The molecule has 88 valence electrons. The van der Waals surface area contributed by atoms with E-state index in [2.05, 4.69) is 13.8 Å². The lowest BCUT2D eigenvalue weighted by molar-refractivity contribution is -0.140. The monoisotopic (exact) mass is 212 g/mol. The Hall–Kier alpha value is -0.790. The highest BCUT2D eigenvalue weighted by Crippen LogP contribution is 2.13. The molecule has 0 fully saturated rings. The molecule has 0 saturated heterocycles. The SMILES string of the molecule is CC=C(C)C(=O)OCC(CC)CCCC. The summed E-state index contributed by atoms with van der Waals surface area (Å²) in [5, 5.41) is 0. The van der Waals surface area contributed by atoms with Gasteiger partial charge in [0.25, 0.3) is 0 Å². The van der Waals surface area contributed by atoms with E-state index in [1.165, 1.54) is 12.8 Å². The minimum absolute atomic E-state index is 0.174. The Balaban J connectivity index is 3.84. The highest BCUT2D eigenvalue weighted by Gasteiger charge is 2.10. The molecule has 2 heteroatoms. The molecule has 0 aliphatic carbocycles. The predicted octanol–water partition coefficient (Wildman–Crippen LogP) is 3.71. The quantitative estimate of drug-likeness (QED) is 0.475. The minimum Gasteiger partial charge on any atom is -0.462 e. The molecule has 0 N–H and O–H groups in total. The summed E-state index contributed by atoms with van der Waals surface area (Å²) in [4.78, 5) is 11.4. The first-order chi connectivity index (χ1) is 7.15. The molecule has 0 aliphatic heterocycles. The van der Waals surface area contributed by atoms with Gasteiger partial charge in [-0.3, -0.25) is 0 Å². The summed E-state index contributed by atoms with van der Waals surface area (Å²) in [6, 6.07) is 0. The molecule has 0 amide bonds. The van der Waals surface area contributed by atoms with Gasteiger partial charge in [0.1, 0.15) is 0 Å². The molecule has 0 radical (unpaired) electrons. The molecule has 0 bridgehead atoms. The van der Waals surface area contributed by atoms with Crippen LogP contribution in [0.4, 0.5) is 0 Å². The number of allylic oxidation sites excluding steroid dienone is 1. The van der Waals surface area contributed by atoms with E-state index >= 15 is 0 Å². The second-order valence-corrected chi connectivity index (χ2v) is 3.99. The zero-order valence-electron chi connectivity index (χ0n) is 10.5. The van der Waals surface area contributed by atoms with E-state index in [1.54, 1.807) is 13.0 Å². The molecule has 2 nitrogen and oxygen atoms in total. The molecule has 1 atom stereocenters. The summed E-state index contributed by atoms with van der Waals surface area (Å²) < 4.78 is 5.24. The van der Waals surface area contributed by atoms with Crippen molar-refractivity contribution in [3.05, 3.63) is 11.6 Å². The van der Waals surface area contributed by atoms with Crippen molar-refractivity contribution >= 4 is 5.97 Å². The molecule has 0 aromatic carbocycles. The lowest BCUT2D eigenvalue weighted by Gasteiger charge is -2.14. The second-order valence-electron chi connectivity index (χ2n) is 3.99. The summed E-state index contributed by atoms with van der Waals surface area (Å²) in [7, 11) is 0. The fraction of sp³-hybridized carbons (Fsp3) is 0.769. The van der Waals surface area contributed by atoms with Gasteiger partial charge in [0.15, 0.2) is 0 Å². The van der Waals surface area contributed by atoms with Gasteiger partial charge in [-0.05, 0) is 26.2 Å². The van der Waals surface area contributed by atoms with E-state index in [4.69, 9.17) is 4.74 Å². The third kappa shape index (κ3) is 6.32.